The van der Waals surface area contributed by atoms with E-state index in [0.29, 0.717) is 18.4 Å². The van der Waals surface area contributed by atoms with Crippen LogP contribution in [0.5, 0.6) is 0 Å². The van der Waals surface area contributed by atoms with Gasteiger partial charge in [-0.15, -0.1) is 0 Å². The number of carbonyl (C=O) groups excluding carboxylic acids is 2. The molecule has 2 aliphatic heterocycles. The molecule has 0 aromatic heterocycles. The van der Waals surface area contributed by atoms with Crippen LogP contribution in [0.15, 0.2) is 30.3 Å². The zero-order valence-electron chi connectivity index (χ0n) is 19.4. The summed E-state index contributed by atoms with van der Waals surface area (Å²) >= 11 is 0. The number of piperidine rings is 1. The molecule has 5 nitrogen and oxygen atoms in total. The summed E-state index contributed by atoms with van der Waals surface area (Å²) in [7, 11) is 0. The molecule has 0 radical (unpaired) electrons. The minimum atomic E-state index is -0.136. The predicted molar refractivity (Wildman–Crippen MR) is 123 cm³/mol. The highest BCUT2D eigenvalue weighted by Gasteiger charge is 2.31. The summed E-state index contributed by atoms with van der Waals surface area (Å²) in [6.45, 7) is 11.8. The van der Waals surface area contributed by atoms with Gasteiger partial charge in [-0.3, -0.25) is 9.59 Å². The molecule has 1 N–H and O–H groups in total. The summed E-state index contributed by atoms with van der Waals surface area (Å²) in [5.74, 6) is 1.30. The number of piperazine rings is 1. The van der Waals surface area contributed by atoms with Gasteiger partial charge >= 0.3 is 0 Å². The molecule has 30 heavy (non-hydrogen) atoms. The van der Waals surface area contributed by atoms with Crippen LogP contribution in [0.25, 0.3) is 0 Å². The third kappa shape index (κ3) is 7.75. The summed E-state index contributed by atoms with van der Waals surface area (Å²) in [5, 5.41) is 3.30. The lowest BCUT2D eigenvalue weighted by atomic mass is 9.90. The van der Waals surface area contributed by atoms with Gasteiger partial charge in [0.1, 0.15) is 0 Å². The van der Waals surface area contributed by atoms with Crippen molar-refractivity contribution in [3.05, 3.63) is 35.9 Å². The van der Waals surface area contributed by atoms with E-state index in [1.807, 2.05) is 11.0 Å². The highest BCUT2D eigenvalue weighted by atomic mass is 16.2. The van der Waals surface area contributed by atoms with Gasteiger partial charge in [0.25, 0.3) is 0 Å². The van der Waals surface area contributed by atoms with Crippen LogP contribution >= 0.6 is 0 Å². The van der Waals surface area contributed by atoms with Crippen LogP contribution in [-0.2, 0) is 16.0 Å². The van der Waals surface area contributed by atoms with Gasteiger partial charge in [-0.05, 0) is 43.1 Å². The van der Waals surface area contributed by atoms with E-state index >= 15 is 0 Å². The maximum absolute atomic E-state index is 12.7. The van der Waals surface area contributed by atoms with Crippen LogP contribution in [0.4, 0.5) is 0 Å². The summed E-state index contributed by atoms with van der Waals surface area (Å²) < 4.78 is 0. The molecule has 168 valence electrons. The van der Waals surface area contributed by atoms with Crippen LogP contribution in [0.3, 0.4) is 0 Å². The van der Waals surface area contributed by atoms with E-state index in [4.69, 9.17) is 0 Å². The van der Waals surface area contributed by atoms with Crippen molar-refractivity contribution in [2.24, 2.45) is 11.8 Å². The number of likely N-dealkylation sites (tertiary alicyclic amines) is 1. The van der Waals surface area contributed by atoms with E-state index in [-0.39, 0.29) is 24.4 Å². The Balaban J connectivity index is 0.00000101. The zero-order valence-corrected chi connectivity index (χ0v) is 19.4. The first-order valence-electron chi connectivity index (χ1n) is 11.8. The second-order valence-electron chi connectivity index (χ2n) is 9.12. The van der Waals surface area contributed by atoms with E-state index < -0.39 is 0 Å². The van der Waals surface area contributed by atoms with E-state index in [1.165, 1.54) is 12.0 Å². The van der Waals surface area contributed by atoms with Crippen molar-refractivity contribution in [3.63, 3.8) is 0 Å². The van der Waals surface area contributed by atoms with Crippen LogP contribution < -0.4 is 5.32 Å². The number of carbonyl (C=O) groups is 2. The Kier molecular flexibility index (Phi) is 10.4. The molecule has 0 spiro atoms. The van der Waals surface area contributed by atoms with Crippen molar-refractivity contribution in [1.82, 2.24) is 15.1 Å². The lowest BCUT2D eigenvalue weighted by Gasteiger charge is -2.36. The molecule has 3 rings (SSSR count). The molecular weight excluding hydrogens is 374 g/mol. The van der Waals surface area contributed by atoms with Crippen LogP contribution in [0.2, 0.25) is 0 Å². The highest BCUT2D eigenvalue weighted by Crippen LogP contribution is 2.22. The maximum Gasteiger partial charge on any atom is 0.242 e. The van der Waals surface area contributed by atoms with Gasteiger partial charge < -0.3 is 15.1 Å². The van der Waals surface area contributed by atoms with E-state index in [1.54, 1.807) is 4.90 Å². The number of hydrogen-bond acceptors (Lipinski definition) is 3. The Bertz CT molecular complexity index is 639. The molecule has 0 aliphatic carbocycles. The smallest absolute Gasteiger partial charge is 0.242 e. The van der Waals surface area contributed by atoms with Gasteiger partial charge in [0.05, 0.1) is 12.6 Å². The number of nitrogens with zero attached hydrogens (tertiary/aromatic N) is 2. The Labute approximate surface area is 183 Å². The molecule has 2 heterocycles. The summed E-state index contributed by atoms with van der Waals surface area (Å²) in [4.78, 5) is 29.0. The molecule has 1 atom stereocenters. The SMILES string of the molecule is CC(C)C[C@@H]1NCCN(CC(=O)N2CCC(Cc3ccccc3)CC2)C1=O.CCC. The number of hydrogen-bond donors (Lipinski definition) is 1. The fourth-order valence-electron chi connectivity index (χ4n) is 4.20. The first-order chi connectivity index (χ1) is 14.4. The van der Waals surface area contributed by atoms with Crippen LogP contribution in [0.1, 0.15) is 58.9 Å². The van der Waals surface area contributed by atoms with Crippen molar-refractivity contribution in [2.75, 3.05) is 32.7 Å². The van der Waals surface area contributed by atoms with Crippen LogP contribution in [0, 0.1) is 11.8 Å². The second-order valence-corrected chi connectivity index (χ2v) is 9.12. The van der Waals surface area contributed by atoms with Gasteiger partial charge in [0.2, 0.25) is 11.8 Å². The lowest BCUT2D eigenvalue weighted by Crippen LogP contribution is -2.57. The average Bonchev–Trinajstić information content (AvgIpc) is 2.72. The van der Waals surface area contributed by atoms with Gasteiger partial charge in [0, 0.05) is 26.2 Å². The Morgan fingerprint density at radius 1 is 1.10 bits per heavy atom. The third-order valence-corrected chi connectivity index (χ3v) is 5.75. The summed E-state index contributed by atoms with van der Waals surface area (Å²) in [5.41, 5.74) is 1.38. The van der Waals surface area contributed by atoms with Crippen molar-refractivity contribution >= 4 is 11.8 Å². The molecule has 0 unspecified atom stereocenters. The maximum atomic E-state index is 12.7. The number of rotatable bonds is 6. The molecular formula is C25H41N3O2. The van der Waals surface area contributed by atoms with Gasteiger partial charge in [-0.25, -0.2) is 0 Å². The zero-order chi connectivity index (χ0) is 21.9. The van der Waals surface area contributed by atoms with Crippen molar-refractivity contribution in [1.29, 1.82) is 0 Å². The Hall–Kier alpha value is -1.88. The number of nitrogens with one attached hydrogen (secondary N) is 1. The number of amides is 2. The largest absolute Gasteiger partial charge is 0.341 e. The van der Waals surface area contributed by atoms with Gasteiger partial charge in [-0.1, -0.05) is 64.4 Å². The van der Waals surface area contributed by atoms with E-state index in [9.17, 15) is 9.59 Å². The van der Waals surface area contributed by atoms with Crippen LogP contribution in [-0.4, -0.2) is 60.4 Å². The molecule has 5 heteroatoms. The van der Waals surface area contributed by atoms with Crippen molar-refractivity contribution in [3.8, 4) is 0 Å². The Morgan fingerprint density at radius 3 is 2.33 bits per heavy atom. The monoisotopic (exact) mass is 415 g/mol. The van der Waals surface area contributed by atoms with E-state index in [2.05, 4.69) is 57.3 Å². The molecule has 2 amide bonds. The second kappa shape index (κ2) is 12.7. The normalized spacial score (nSPS) is 20.2. The summed E-state index contributed by atoms with van der Waals surface area (Å²) in [6, 6.07) is 10.5. The van der Waals surface area contributed by atoms with Crippen molar-refractivity contribution in [2.45, 2.75) is 65.8 Å². The molecule has 1 aromatic rings. The minimum Gasteiger partial charge on any atom is -0.341 e. The molecule has 2 saturated heterocycles. The lowest BCUT2D eigenvalue weighted by molar-refractivity contribution is -0.144. The Morgan fingerprint density at radius 2 is 1.73 bits per heavy atom. The molecule has 2 fully saturated rings. The topological polar surface area (TPSA) is 52.7 Å². The third-order valence-electron chi connectivity index (χ3n) is 5.75. The minimum absolute atomic E-state index is 0.0854. The predicted octanol–water partition coefficient (Wildman–Crippen LogP) is 3.73. The van der Waals surface area contributed by atoms with E-state index in [0.717, 1.165) is 45.3 Å². The number of benzene rings is 1. The van der Waals surface area contributed by atoms with Crippen molar-refractivity contribution < 1.29 is 9.59 Å². The van der Waals surface area contributed by atoms with Gasteiger partial charge in [0.15, 0.2) is 0 Å². The summed E-state index contributed by atoms with van der Waals surface area (Å²) in [6.07, 6.45) is 5.27. The highest BCUT2D eigenvalue weighted by molar-refractivity contribution is 5.88. The standard InChI is InChI=1S/C22H33N3O2.C3H8/c1-17(2)14-20-22(27)25(13-10-23-20)16-21(26)24-11-8-19(9-12-24)15-18-6-4-3-5-7-18;1-3-2/h3-7,17,19-20,23H,8-16H2,1-2H3;3H2,1-2H3/t20-;/m0./s1. The first kappa shape index (κ1) is 24.4. The fourth-order valence-corrected chi connectivity index (χ4v) is 4.20. The fraction of sp³-hybridized carbons (Fsp3) is 0.680. The molecule has 2 aliphatic rings. The molecule has 0 bridgehead atoms. The molecule has 0 saturated carbocycles. The average molecular weight is 416 g/mol. The van der Waals surface area contributed by atoms with Gasteiger partial charge in [-0.2, -0.15) is 0 Å². The quantitative estimate of drug-likeness (QED) is 0.770. The molecule has 1 aromatic carbocycles. The first-order valence-corrected chi connectivity index (χ1v) is 11.8.